The Labute approximate surface area is 165 Å². The van der Waals surface area contributed by atoms with Crippen molar-refractivity contribution in [2.75, 3.05) is 29.2 Å². The lowest BCUT2D eigenvalue weighted by molar-refractivity contribution is -0.113. The lowest BCUT2D eigenvalue weighted by atomic mass is 10.3. The summed E-state index contributed by atoms with van der Waals surface area (Å²) in [5.74, 6) is 2.89. The second kappa shape index (κ2) is 9.04. The summed E-state index contributed by atoms with van der Waals surface area (Å²) in [4.78, 5) is 24.5. The molecule has 0 bridgehead atoms. The molecule has 0 unspecified atom stereocenters. The van der Waals surface area contributed by atoms with Gasteiger partial charge in [-0.05, 0) is 19.1 Å². The van der Waals surface area contributed by atoms with Crippen LogP contribution in [-0.2, 0) is 10.5 Å². The van der Waals surface area contributed by atoms with E-state index in [1.54, 1.807) is 20.1 Å². The smallest absolute Gasteiger partial charge is 0.235 e. The maximum atomic E-state index is 11.9. The monoisotopic (exact) mass is 401 g/mol. The lowest BCUT2D eigenvalue weighted by Crippen LogP contribution is -2.14. The van der Waals surface area contributed by atoms with Gasteiger partial charge in [0.1, 0.15) is 17.3 Å². The van der Waals surface area contributed by atoms with E-state index in [1.165, 1.54) is 11.8 Å². The summed E-state index contributed by atoms with van der Waals surface area (Å²) in [6.07, 6.45) is 0. The van der Waals surface area contributed by atoms with Crippen molar-refractivity contribution < 1.29 is 14.1 Å². The van der Waals surface area contributed by atoms with Gasteiger partial charge in [0.2, 0.25) is 17.8 Å². The van der Waals surface area contributed by atoms with E-state index in [1.807, 2.05) is 24.3 Å². The van der Waals surface area contributed by atoms with E-state index in [-0.39, 0.29) is 17.6 Å². The highest BCUT2D eigenvalue weighted by molar-refractivity contribution is 7.99. The van der Waals surface area contributed by atoms with E-state index < -0.39 is 0 Å². The third-order valence-corrected chi connectivity index (χ3v) is 4.34. The predicted molar refractivity (Wildman–Crippen MR) is 107 cm³/mol. The number of para-hydroxylation sites is 2. The topological polar surface area (TPSA) is 141 Å². The fourth-order valence-electron chi connectivity index (χ4n) is 2.27. The van der Waals surface area contributed by atoms with E-state index in [0.717, 1.165) is 0 Å². The number of anilines is 4. The van der Waals surface area contributed by atoms with Crippen molar-refractivity contribution >= 4 is 41.1 Å². The lowest BCUT2D eigenvalue weighted by Gasteiger charge is -2.10. The SMILES string of the molecule is COc1ccccc1Nc1nc(N)nc(CSCC(=O)Nc2cc(C)on2)n1. The van der Waals surface area contributed by atoms with E-state index in [0.29, 0.717) is 40.5 Å². The van der Waals surface area contributed by atoms with Crippen molar-refractivity contribution in [2.24, 2.45) is 0 Å². The third kappa shape index (κ3) is 5.33. The van der Waals surface area contributed by atoms with Crippen LogP contribution in [0.25, 0.3) is 0 Å². The van der Waals surface area contributed by atoms with Gasteiger partial charge in [0.25, 0.3) is 0 Å². The molecule has 0 atom stereocenters. The number of methoxy groups -OCH3 is 1. The number of rotatable bonds is 8. The van der Waals surface area contributed by atoms with E-state index in [2.05, 4.69) is 30.7 Å². The molecule has 0 aliphatic heterocycles. The molecular weight excluding hydrogens is 382 g/mol. The molecule has 0 fully saturated rings. The summed E-state index contributed by atoms with van der Waals surface area (Å²) in [6.45, 7) is 1.75. The molecule has 1 amide bonds. The van der Waals surface area contributed by atoms with Gasteiger partial charge < -0.3 is 25.6 Å². The number of aryl methyl sites for hydroxylation is 1. The van der Waals surface area contributed by atoms with Gasteiger partial charge in [0.05, 0.1) is 24.3 Å². The number of nitrogens with one attached hydrogen (secondary N) is 2. The molecule has 10 nitrogen and oxygen atoms in total. The summed E-state index contributed by atoms with van der Waals surface area (Å²) in [5, 5.41) is 9.43. The van der Waals surface area contributed by atoms with Crippen molar-refractivity contribution in [3.63, 3.8) is 0 Å². The van der Waals surface area contributed by atoms with E-state index in [4.69, 9.17) is 15.0 Å². The van der Waals surface area contributed by atoms with Gasteiger partial charge in [-0.1, -0.05) is 17.3 Å². The first-order valence-electron chi connectivity index (χ1n) is 8.25. The van der Waals surface area contributed by atoms with Gasteiger partial charge in [-0.2, -0.15) is 15.0 Å². The second-order valence-electron chi connectivity index (χ2n) is 5.62. The number of ether oxygens (including phenoxy) is 1. The van der Waals surface area contributed by atoms with Crippen LogP contribution in [0.1, 0.15) is 11.6 Å². The quantitative estimate of drug-likeness (QED) is 0.515. The summed E-state index contributed by atoms with van der Waals surface area (Å²) in [5.41, 5.74) is 6.48. The predicted octanol–water partition coefficient (Wildman–Crippen LogP) is 2.37. The molecule has 1 aromatic carbocycles. The number of nitrogens with zero attached hydrogens (tertiary/aromatic N) is 4. The van der Waals surface area contributed by atoms with Crippen molar-refractivity contribution in [3.05, 3.63) is 41.9 Å². The Bertz CT molecular complexity index is 963. The van der Waals surface area contributed by atoms with Crippen LogP contribution >= 0.6 is 11.8 Å². The van der Waals surface area contributed by atoms with Crippen LogP contribution < -0.4 is 21.1 Å². The van der Waals surface area contributed by atoms with Crippen LogP contribution in [0.15, 0.2) is 34.9 Å². The zero-order valence-corrected chi connectivity index (χ0v) is 16.1. The molecule has 11 heteroatoms. The molecule has 2 aromatic heterocycles. The summed E-state index contributed by atoms with van der Waals surface area (Å²) < 4.78 is 10.2. The maximum Gasteiger partial charge on any atom is 0.235 e. The number of carbonyl (C=O) groups is 1. The van der Waals surface area contributed by atoms with Gasteiger partial charge >= 0.3 is 0 Å². The molecule has 2 heterocycles. The molecular formula is C17H19N7O3S. The first-order valence-corrected chi connectivity index (χ1v) is 9.40. The fraction of sp³-hybridized carbons (Fsp3) is 0.235. The number of benzene rings is 1. The van der Waals surface area contributed by atoms with E-state index in [9.17, 15) is 4.79 Å². The van der Waals surface area contributed by atoms with Gasteiger partial charge in [-0.15, -0.1) is 11.8 Å². The molecule has 0 spiro atoms. The Balaban J connectivity index is 1.58. The molecule has 146 valence electrons. The highest BCUT2D eigenvalue weighted by Crippen LogP contribution is 2.25. The molecule has 0 radical (unpaired) electrons. The Morgan fingerprint density at radius 1 is 1.29 bits per heavy atom. The second-order valence-corrected chi connectivity index (χ2v) is 6.61. The number of carbonyl (C=O) groups excluding carboxylic acids is 1. The van der Waals surface area contributed by atoms with Gasteiger partial charge in [0.15, 0.2) is 5.82 Å². The van der Waals surface area contributed by atoms with Crippen molar-refractivity contribution in [3.8, 4) is 5.75 Å². The van der Waals surface area contributed by atoms with Crippen molar-refractivity contribution in [2.45, 2.75) is 12.7 Å². The first kappa shape index (κ1) is 19.4. The van der Waals surface area contributed by atoms with Crippen LogP contribution in [-0.4, -0.2) is 38.9 Å². The zero-order valence-electron chi connectivity index (χ0n) is 15.3. The summed E-state index contributed by atoms with van der Waals surface area (Å²) >= 11 is 1.34. The van der Waals surface area contributed by atoms with Gasteiger partial charge in [-0.3, -0.25) is 4.79 Å². The minimum absolute atomic E-state index is 0.0884. The number of nitrogens with two attached hydrogens (primary N) is 1. The third-order valence-electron chi connectivity index (χ3n) is 3.41. The molecule has 28 heavy (non-hydrogen) atoms. The van der Waals surface area contributed by atoms with Crippen LogP contribution in [0.3, 0.4) is 0 Å². The largest absolute Gasteiger partial charge is 0.495 e. The zero-order chi connectivity index (χ0) is 19.9. The number of hydrogen-bond donors (Lipinski definition) is 3. The Hall–Kier alpha value is -3.34. The minimum atomic E-state index is -0.201. The Kier molecular flexibility index (Phi) is 6.27. The number of amides is 1. The van der Waals surface area contributed by atoms with Crippen molar-refractivity contribution in [1.29, 1.82) is 0 Å². The van der Waals surface area contributed by atoms with Gasteiger partial charge in [0, 0.05) is 6.07 Å². The summed E-state index contributed by atoms with van der Waals surface area (Å²) in [7, 11) is 1.58. The summed E-state index contributed by atoms with van der Waals surface area (Å²) in [6, 6.07) is 9.02. The molecule has 3 aromatic rings. The molecule has 4 N–H and O–H groups in total. The molecule has 0 aliphatic rings. The van der Waals surface area contributed by atoms with E-state index >= 15 is 0 Å². The first-order chi connectivity index (χ1) is 13.5. The van der Waals surface area contributed by atoms with Crippen LogP contribution in [0, 0.1) is 6.92 Å². The van der Waals surface area contributed by atoms with Crippen LogP contribution in [0.2, 0.25) is 0 Å². The number of aromatic nitrogens is 4. The fourth-order valence-corrected chi connectivity index (χ4v) is 2.94. The molecule has 0 saturated carbocycles. The average Bonchev–Trinajstić information content (AvgIpc) is 3.06. The van der Waals surface area contributed by atoms with Gasteiger partial charge in [-0.25, -0.2) is 0 Å². The van der Waals surface area contributed by atoms with Crippen LogP contribution in [0.5, 0.6) is 5.75 Å². The highest BCUT2D eigenvalue weighted by atomic mass is 32.2. The number of nitrogen functional groups attached to an aromatic ring is 1. The number of hydrogen-bond acceptors (Lipinski definition) is 10. The molecule has 0 aliphatic carbocycles. The molecule has 3 rings (SSSR count). The minimum Gasteiger partial charge on any atom is -0.495 e. The highest BCUT2D eigenvalue weighted by Gasteiger charge is 2.10. The van der Waals surface area contributed by atoms with Crippen LogP contribution in [0.4, 0.5) is 23.4 Å². The standard InChI is InChI=1S/C17H19N7O3S/c1-10-7-13(24-27-10)20-15(25)9-28-8-14-21-16(18)23-17(22-14)19-11-5-3-4-6-12(11)26-2/h3-7H,8-9H2,1-2H3,(H,20,24,25)(H3,18,19,21,22,23). The maximum absolute atomic E-state index is 11.9. The Morgan fingerprint density at radius 3 is 2.86 bits per heavy atom. The average molecular weight is 401 g/mol. The molecule has 0 saturated heterocycles. The number of thioether (sulfide) groups is 1. The normalized spacial score (nSPS) is 10.5. The Morgan fingerprint density at radius 2 is 2.11 bits per heavy atom. The van der Waals surface area contributed by atoms with Crippen molar-refractivity contribution in [1.82, 2.24) is 20.1 Å².